The van der Waals surface area contributed by atoms with Gasteiger partial charge in [0.1, 0.15) is 11.6 Å². The van der Waals surface area contributed by atoms with Crippen LogP contribution in [0.5, 0.6) is 11.6 Å². The maximum atomic E-state index is 13.7. The van der Waals surface area contributed by atoms with Crippen LogP contribution in [0.2, 0.25) is 0 Å². The van der Waals surface area contributed by atoms with E-state index in [9.17, 15) is 9.18 Å². The maximum Gasteiger partial charge on any atom is 0.251 e. The molecule has 0 saturated carbocycles. The zero-order chi connectivity index (χ0) is 20.8. The average Bonchev–Trinajstić information content (AvgIpc) is 2.77. The van der Waals surface area contributed by atoms with E-state index in [0.717, 1.165) is 11.8 Å². The summed E-state index contributed by atoms with van der Waals surface area (Å²) in [7, 11) is 3.01. The lowest BCUT2D eigenvalue weighted by Crippen LogP contribution is -2.23. The molecule has 1 amide bonds. The van der Waals surface area contributed by atoms with Gasteiger partial charge in [-0.25, -0.2) is 9.37 Å². The minimum absolute atomic E-state index is 0.219. The van der Waals surface area contributed by atoms with Gasteiger partial charge in [-0.05, 0) is 41.5 Å². The molecule has 8 heteroatoms. The van der Waals surface area contributed by atoms with Crippen LogP contribution < -0.4 is 20.5 Å². The largest absolute Gasteiger partial charge is 0.497 e. The molecule has 0 aliphatic heterocycles. The fourth-order valence-electron chi connectivity index (χ4n) is 2.85. The third-order valence-electron chi connectivity index (χ3n) is 4.27. The number of hydrogen-bond donors (Lipinski definition) is 2. The molecule has 0 spiro atoms. The second-order valence-electron chi connectivity index (χ2n) is 6.20. The minimum atomic E-state index is -0.506. The number of pyridine rings is 2. The molecule has 2 heterocycles. The number of carbonyl (C=O) groups is 1. The minimum Gasteiger partial charge on any atom is -0.497 e. The number of benzene rings is 1. The molecular weight excluding hydrogens is 375 g/mol. The van der Waals surface area contributed by atoms with Crippen LogP contribution in [-0.4, -0.2) is 30.1 Å². The molecule has 0 radical (unpaired) electrons. The number of amides is 1. The summed E-state index contributed by atoms with van der Waals surface area (Å²) in [4.78, 5) is 20.9. The Morgan fingerprint density at radius 2 is 1.97 bits per heavy atom. The van der Waals surface area contributed by atoms with Crippen LogP contribution in [0.4, 0.5) is 4.39 Å². The number of ether oxygens (including phenoxy) is 2. The van der Waals surface area contributed by atoms with Gasteiger partial charge in [-0.2, -0.15) is 0 Å². The summed E-state index contributed by atoms with van der Waals surface area (Å²) in [5, 5.41) is 2.82. The van der Waals surface area contributed by atoms with E-state index in [2.05, 4.69) is 15.3 Å². The highest BCUT2D eigenvalue weighted by molar-refractivity contribution is 5.96. The molecule has 29 heavy (non-hydrogen) atoms. The van der Waals surface area contributed by atoms with E-state index in [1.165, 1.54) is 13.2 Å². The second kappa shape index (κ2) is 9.11. The van der Waals surface area contributed by atoms with Gasteiger partial charge in [0.25, 0.3) is 5.91 Å². The smallest absolute Gasteiger partial charge is 0.251 e. The van der Waals surface area contributed by atoms with Crippen molar-refractivity contribution < 1.29 is 18.7 Å². The van der Waals surface area contributed by atoms with Crippen LogP contribution in [-0.2, 0) is 13.1 Å². The van der Waals surface area contributed by atoms with Gasteiger partial charge < -0.3 is 20.5 Å². The molecular formula is C21H21FN4O3. The predicted octanol–water partition coefficient (Wildman–Crippen LogP) is 2.69. The molecule has 1 aromatic carbocycles. The van der Waals surface area contributed by atoms with Crippen molar-refractivity contribution in [2.24, 2.45) is 5.73 Å². The summed E-state index contributed by atoms with van der Waals surface area (Å²) < 4.78 is 24.1. The average molecular weight is 396 g/mol. The highest BCUT2D eigenvalue weighted by Gasteiger charge is 2.14. The Bertz CT molecular complexity index is 1030. The van der Waals surface area contributed by atoms with Crippen molar-refractivity contribution in [3.8, 4) is 22.8 Å². The number of aromatic nitrogens is 2. The monoisotopic (exact) mass is 396 g/mol. The Balaban J connectivity index is 1.88. The molecule has 3 rings (SSSR count). The lowest BCUT2D eigenvalue weighted by Gasteiger charge is -2.12. The van der Waals surface area contributed by atoms with Crippen molar-refractivity contribution in [1.29, 1.82) is 0 Å². The number of carbonyl (C=O) groups excluding carboxylic acids is 1. The summed E-state index contributed by atoms with van der Waals surface area (Å²) in [5.41, 5.74) is 8.57. The lowest BCUT2D eigenvalue weighted by molar-refractivity contribution is 0.0950. The van der Waals surface area contributed by atoms with Crippen molar-refractivity contribution >= 4 is 5.91 Å². The highest BCUT2D eigenvalue weighted by Crippen LogP contribution is 2.30. The quantitative estimate of drug-likeness (QED) is 0.637. The zero-order valence-electron chi connectivity index (χ0n) is 16.1. The van der Waals surface area contributed by atoms with Crippen molar-refractivity contribution in [1.82, 2.24) is 15.3 Å². The third-order valence-corrected chi connectivity index (χ3v) is 4.27. The standard InChI is InChI=1S/C21H21FN4O3/c1-28-18-3-4-24-17(9-18)12-25-20(27)15-6-13(10-23)5-14(7-15)19-8-16(22)11-26-21(19)29-2/h3-9,11H,10,12,23H2,1-2H3,(H,25,27). The molecule has 7 nitrogen and oxygen atoms in total. The normalized spacial score (nSPS) is 10.5. The summed E-state index contributed by atoms with van der Waals surface area (Å²) in [6.07, 6.45) is 2.68. The molecule has 0 aliphatic rings. The fourth-order valence-corrected chi connectivity index (χ4v) is 2.85. The molecule has 0 atom stereocenters. The van der Waals surface area contributed by atoms with Crippen LogP contribution in [0, 0.1) is 5.82 Å². The van der Waals surface area contributed by atoms with E-state index in [1.54, 1.807) is 43.6 Å². The number of rotatable bonds is 7. The van der Waals surface area contributed by atoms with Crippen molar-refractivity contribution in [3.05, 3.63) is 71.4 Å². The van der Waals surface area contributed by atoms with Crippen molar-refractivity contribution in [3.63, 3.8) is 0 Å². The Hall–Kier alpha value is -3.52. The first-order valence-corrected chi connectivity index (χ1v) is 8.85. The summed E-state index contributed by atoms with van der Waals surface area (Å²) >= 11 is 0. The number of hydrogen-bond acceptors (Lipinski definition) is 6. The molecule has 2 aromatic heterocycles. The van der Waals surface area contributed by atoms with Crippen LogP contribution in [0.25, 0.3) is 11.1 Å². The highest BCUT2D eigenvalue weighted by atomic mass is 19.1. The molecule has 0 fully saturated rings. The number of nitrogens with one attached hydrogen (secondary N) is 1. The zero-order valence-corrected chi connectivity index (χ0v) is 16.1. The number of nitrogens with two attached hydrogens (primary N) is 1. The van der Waals surface area contributed by atoms with Crippen LogP contribution in [0.3, 0.4) is 0 Å². The molecule has 0 saturated heterocycles. The number of methoxy groups -OCH3 is 2. The van der Waals surface area contributed by atoms with E-state index in [4.69, 9.17) is 15.2 Å². The summed E-state index contributed by atoms with van der Waals surface area (Å²) in [5.74, 6) is 0.0958. The van der Waals surface area contributed by atoms with E-state index in [-0.39, 0.29) is 24.9 Å². The van der Waals surface area contributed by atoms with E-state index >= 15 is 0 Å². The molecule has 0 unspecified atom stereocenters. The topological polar surface area (TPSA) is 99.4 Å². The lowest BCUT2D eigenvalue weighted by atomic mass is 10.00. The first kappa shape index (κ1) is 20.2. The Kier molecular flexibility index (Phi) is 6.36. The maximum absolute atomic E-state index is 13.7. The van der Waals surface area contributed by atoms with Crippen LogP contribution in [0.1, 0.15) is 21.6 Å². The number of halogens is 1. The fraction of sp³-hybridized carbons (Fsp3) is 0.190. The third kappa shape index (κ3) is 4.85. The summed E-state index contributed by atoms with van der Waals surface area (Å²) in [6.45, 7) is 0.444. The first-order chi connectivity index (χ1) is 14.0. The van der Waals surface area contributed by atoms with Crippen LogP contribution >= 0.6 is 0 Å². The number of nitrogens with zero attached hydrogens (tertiary/aromatic N) is 2. The predicted molar refractivity (Wildman–Crippen MR) is 106 cm³/mol. The Morgan fingerprint density at radius 3 is 2.69 bits per heavy atom. The van der Waals surface area contributed by atoms with Gasteiger partial charge >= 0.3 is 0 Å². The molecule has 0 bridgehead atoms. The Labute approximate surface area is 167 Å². The van der Waals surface area contributed by atoms with Gasteiger partial charge in [0.15, 0.2) is 0 Å². The second-order valence-corrected chi connectivity index (χ2v) is 6.20. The molecule has 150 valence electrons. The first-order valence-electron chi connectivity index (χ1n) is 8.85. The van der Waals surface area contributed by atoms with E-state index < -0.39 is 5.82 Å². The van der Waals surface area contributed by atoms with Gasteiger partial charge in [-0.1, -0.05) is 0 Å². The molecule has 3 aromatic rings. The van der Waals surface area contributed by atoms with Gasteiger partial charge in [0.05, 0.1) is 32.7 Å². The van der Waals surface area contributed by atoms with Crippen molar-refractivity contribution in [2.45, 2.75) is 13.1 Å². The van der Waals surface area contributed by atoms with E-state index in [1.807, 2.05) is 0 Å². The van der Waals surface area contributed by atoms with Gasteiger partial charge in [-0.15, -0.1) is 0 Å². The molecule has 3 N–H and O–H groups in total. The van der Waals surface area contributed by atoms with Gasteiger partial charge in [0, 0.05) is 29.9 Å². The van der Waals surface area contributed by atoms with Crippen molar-refractivity contribution in [2.75, 3.05) is 14.2 Å². The van der Waals surface area contributed by atoms with Gasteiger partial charge in [0.2, 0.25) is 5.88 Å². The summed E-state index contributed by atoms with van der Waals surface area (Å²) in [6, 6.07) is 9.89. The Morgan fingerprint density at radius 1 is 1.14 bits per heavy atom. The van der Waals surface area contributed by atoms with Gasteiger partial charge in [-0.3, -0.25) is 9.78 Å². The van der Waals surface area contributed by atoms with Crippen LogP contribution in [0.15, 0.2) is 48.8 Å². The molecule has 0 aliphatic carbocycles. The van der Waals surface area contributed by atoms with E-state index in [0.29, 0.717) is 28.1 Å². The SMILES string of the molecule is COc1ccnc(CNC(=O)c2cc(CN)cc(-c3cc(F)cnc3OC)c2)c1.